The van der Waals surface area contributed by atoms with E-state index in [2.05, 4.69) is 13.3 Å². The molecule has 0 aromatic heterocycles. The van der Waals surface area contributed by atoms with Crippen LogP contribution in [0.5, 0.6) is 0 Å². The Labute approximate surface area is 52.3 Å². The van der Waals surface area contributed by atoms with Crippen LogP contribution in [0, 0.1) is 12.3 Å². The Kier molecular flexibility index (Phi) is 2.38. The van der Waals surface area contributed by atoms with Crippen molar-refractivity contribution in [2.24, 2.45) is 5.92 Å². The van der Waals surface area contributed by atoms with Crippen LogP contribution in [-0.4, -0.2) is 0 Å². The van der Waals surface area contributed by atoms with Crippen LogP contribution in [-0.2, 0) is 0 Å². The van der Waals surface area contributed by atoms with Crippen LogP contribution in [0.1, 0.15) is 39.0 Å². The van der Waals surface area contributed by atoms with E-state index in [1.165, 1.54) is 32.1 Å². The fourth-order valence-corrected chi connectivity index (χ4v) is 1.39. The summed E-state index contributed by atoms with van der Waals surface area (Å²) >= 11 is 0. The van der Waals surface area contributed by atoms with Gasteiger partial charge in [-0.2, -0.15) is 0 Å². The summed E-state index contributed by atoms with van der Waals surface area (Å²) in [4.78, 5) is 0. The van der Waals surface area contributed by atoms with Crippen molar-refractivity contribution >= 4 is 0 Å². The maximum absolute atomic E-state index is 2.44. The first-order valence-corrected chi connectivity index (χ1v) is 3.75. The summed E-state index contributed by atoms with van der Waals surface area (Å²) in [6, 6.07) is 0. The monoisotopic (exact) mass is 111 g/mol. The Balaban J connectivity index is 2.13. The van der Waals surface area contributed by atoms with Crippen LogP contribution in [0.3, 0.4) is 0 Å². The highest BCUT2D eigenvalue weighted by molar-refractivity contribution is 4.76. The van der Waals surface area contributed by atoms with E-state index in [4.69, 9.17) is 0 Å². The fraction of sp³-hybridized carbons (Fsp3) is 0.875. The van der Waals surface area contributed by atoms with Gasteiger partial charge in [-0.05, 0) is 18.8 Å². The van der Waals surface area contributed by atoms with E-state index < -0.39 is 0 Å². The van der Waals surface area contributed by atoms with Gasteiger partial charge in [-0.3, -0.25) is 0 Å². The van der Waals surface area contributed by atoms with E-state index in [9.17, 15) is 0 Å². The van der Waals surface area contributed by atoms with Crippen molar-refractivity contribution in [3.05, 3.63) is 6.42 Å². The third-order valence-electron chi connectivity index (χ3n) is 2.10. The summed E-state index contributed by atoms with van der Waals surface area (Å²) in [5.74, 6) is 1.03. The van der Waals surface area contributed by atoms with Gasteiger partial charge in [0.1, 0.15) is 0 Å². The van der Waals surface area contributed by atoms with Crippen molar-refractivity contribution in [2.75, 3.05) is 0 Å². The molecule has 1 unspecified atom stereocenters. The number of rotatable bonds is 1. The summed E-state index contributed by atoms with van der Waals surface area (Å²) in [6.45, 7) is 2.30. The predicted molar refractivity (Wildman–Crippen MR) is 36.5 cm³/mol. The van der Waals surface area contributed by atoms with Gasteiger partial charge in [-0.1, -0.05) is 32.6 Å². The molecule has 0 nitrogen and oxygen atoms in total. The van der Waals surface area contributed by atoms with Gasteiger partial charge in [-0.15, -0.1) is 0 Å². The minimum Gasteiger partial charge on any atom is -0.0651 e. The van der Waals surface area contributed by atoms with Crippen molar-refractivity contribution < 1.29 is 0 Å². The second-order valence-corrected chi connectivity index (χ2v) is 2.73. The molecule has 0 N–H and O–H groups in total. The van der Waals surface area contributed by atoms with E-state index in [0.29, 0.717) is 0 Å². The zero-order chi connectivity index (χ0) is 5.82. The van der Waals surface area contributed by atoms with Crippen LogP contribution in [0.25, 0.3) is 0 Å². The maximum Gasteiger partial charge on any atom is -0.0383 e. The van der Waals surface area contributed by atoms with Crippen LogP contribution < -0.4 is 0 Å². The average Bonchev–Trinajstić information content (AvgIpc) is 1.90. The van der Waals surface area contributed by atoms with Crippen molar-refractivity contribution in [3.63, 3.8) is 0 Å². The molecule has 0 spiro atoms. The van der Waals surface area contributed by atoms with Crippen molar-refractivity contribution in [1.82, 2.24) is 0 Å². The van der Waals surface area contributed by atoms with Crippen LogP contribution in [0.2, 0.25) is 0 Å². The summed E-state index contributed by atoms with van der Waals surface area (Å²) in [7, 11) is 0. The summed E-state index contributed by atoms with van der Waals surface area (Å²) in [5.41, 5.74) is 0. The summed E-state index contributed by atoms with van der Waals surface area (Å²) in [6.07, 6.45) is 9.51. The van der Waals surface area contributed by atoms with Crippen LogP contribution in [0.15, 0.2) is 0 Å². The zero-order valence-corrected chi connectivity index (χ0v) is 5.69. The Bertz CT molecular complexity index is 51.1. The van der Waals surface area contributed by atoms with Gasteiger partial charge in [-0.25, -0.2) is 0 Å². The van der Waals surface area contributed by atoms with Gasteiger partial charge >= 0.3 is 0 Å². The molecule has 0 aromatic rings. The molecular formula is C8H15. The summed E-state index contributed by atoms with van der Waals surface area (Å²) < 4.78 is 0. The molecule has 1 radical (unpaired) electrons. The molecule has 1 fully saturated rings. The average molecular weight is 111 g/mol. The molecule has 47 valence electrons. The molecule has 1 aliphatic carbocycles. The van der Waals surface area contributed by atoms with E-state index in [1.54, 1.807) is 0 Å². The highest BCUT2D eigenvalue weighted by Gasteiger charge is 2.09. The lowest BCUT2D eigenvalue weighted by Gasteiger charge is -2.18. The Morgan fingerprint density at radius 3 is 2.88 bits per heavy atom. The maximum atomic E-state index is 2.44. The molecule has 0 aromatic carbocycles. The van der Waals surface area contributed by atoms with Gasteiger partial charge in [0.15, 0.2) is 0 Å². The van der Waals surface area contributed by atoms with Crippen molar-refractivity contribution in [3.8, 4) is 0 Å². The minimum absolute atomic E-state index is 1.03. The Morgan fingerprint density at radius 2 is 2.50 bits per heavy atom. The zero-order valence-electron chi connectivity index (χ0n) is 5.69. The molecule has 8 heavy (non-hydrogen) atoms. The van der Waals surface area contributed by atoms with E-state index >= 15 is 0 Å². The second-order valence-electron chi connectivity index (χ2n) is 2.73. The molecule has 0 amide bonds. The van der Waals surface area contributed by atoms with E-state index in [0.717, 1.165) is 5.92 Å². The van der Waals surface area contributed by atoms with Crippen molar-refractivity contribution in [1.29, 1.82) is 0 Å². The number of hydrogen-bond acceptors (Lipinski definition) is 0. The SMILES string of the molecule is CCC1C[CH]CCC1. The second kappa shape index (κ2) is 3.11. The van der Waals surface area contributed by atoms with Gasteiger partial charge in [0.25, 0.3) is 0 Å². The Morgan fingerprint density at radius 1 is 1.62 bits per heavy atom. The first-order valence-electron chi connectivity index (χ1n) is 3.75. The molecule has 0 saturated heterocycles. The molecule has 1 aliphatic rings. The van der Waals surface area contributed by atoms with Gasteiger partial charge in [0.2, 0.25) is 0 Å². The van der Waals surface area contributed by atoms with Gasteiger partial charge in [0.05, 0.1) is 0 Å². The van der Waals surface area contributed by atoms with Gasteiger partial charge in [0, 0.05) is 0 Å². The third kappa shape index (κ3) is 1.50. The van der Waals surface area contributed by atoms with Gasteiger partial charge < -0.3 is 0 Å². The topological polar surface area (TPSA) is 0 Å². The standard InChI is InChI=1S/C8H15/c1-2-8-6-4-3-5-7-8/h4,8H,2-3,5-7H2,1H3. The predicted octanol–water partition coefficient (Wildman–Crippen LogP) is 2.79. The first-order chi connectivity index (χ1) is 3.93. The molecule has 0 heterocycles. The Hall–Kier alpha value is 0. The molecular weight excluding hydrogens is 96.1 g/mol. The quantitative estimate of drug-likeness (QED) is 0.488. The number of hydrogen-bond donors (Lipinski definition) is 0. The largest absolute Gasteiger partial charge is 0.0651 e. The third-order valence-corrected chi connectivity index (χ3v) is 2.10. The lowest BCUT2D eigenvalue weighted by Crippen LogP contribution is -2.04. The molecule has 1 rings (SSSR count). The molecule has 0 aliphatic heterocycles. The fourth-order valence-electron chi connectivity index (χ4n) is 1.39. The molecule has 0 bridgehead atoms. The normalized spacial score (nSPS) is 23.6. The summed E-state index contributed by atoms with van der Waals surface area (Å²) in [5, 5.41) is 0. The lowest BCUT2D eigenvalue weighted by atomic mass is 9.88. The highest BCUT2D eigenvalue weighted by atomic mass is 14.2. The molecule has 1 atom stereocenters. The lowest BCUT2D eigenvalue weighted by molar-refractivity contribution is 0.403. The molecule has 1 saturated carbocycles. The van der Waals surface area contributed by atoms with Crippen LogP contribution in [0.4, 0.5) is 0 Å². The van der Waals surface area contributed by atoms with Crippen LogP contribution >= 0.6 is 0 Å². The minimum atomic E-state index is 1.03. The highest BCUT2D eigenvalue weighted by Crippen LogP contribution is 2.24. The molecule has 0 heteroatoms. The van der Waals surface area contributed by atoms with Crippen molar-refractivity contribution in [2.45, 2.75) is 39.0 Å². The van der Waals surface area contributed by atoms with E-state index in [1.807, 2.05) is 0 Å². The first kappa shape index (κ1) is 6.12. The smallest absolute Gasteiger partial charge is 0.0383 e. The van der Waals surface area contributed by atoms with E-state index in [-0.39, 0.29) is 0 Å².